The van der Waals surface area contributed by atoms with Gasteiger partial charge in [0, 0.05) is 0 Å². The molecule has 1 aliphatic carbocycles. The zero-order valence-corrected chi connectivity index (χ0v) is 12.7. The Kier molecular flexibility index (Phi) is 8.94. The highest BCUT2D eigenvalue weighted by Gasteiger charge is 2.16. The molecule has 112 valence electrons. The Bertz CT molecular complexity index is 237. The average Bonchev–Trinajstić information content (AvgIpc) is 2.38. The molecule has 1 rings (SSSR count). The van der Waals surface area contributed by atoms with Gasteiger partial charge in [-0.1, -0.05) is 77.6 Å². The Hall–Kier alpha value is -0.530. The number of hydrogen-bond acceptors (Lipinski definition) is 1. The summed E-state index contributed by atoms with van der Waals surface area (Å²) in [6.07, 6.45) is 15.9. The van der Waals surface area contributed by atoms with Gasteiger partial charge in [0.1, 0.15) is 0 Å². The van der Waals surface area contributed by atoms with Gasteiger partial charge < -0.3 is 5.11 Å². The van der Waals surface area contributed by atoms with Crippen LogP contribution in [0.1, 0.15) is 90.4 Å². The SMILES string of the molecule is CC1CCCCCCCCCC(C(=O)O)CCCC1. The Morgan fingerprint density at radius 2 is 1.11 bits per heavy atom. The van der Waals surface area contributed by atoms with Crippen molar-refractivity contribution in [2.24, 2.45) is 11.8 Å². The van der Waals surface area contributed by atoms with Gasteiger partial charge in [-0.3, -0.25) is 4.79 Å². The minimum absolute atomic E-state index is 0.0829. The van der Waals surface area contributed by atoms with Crippen LogP contribution in [0.4, 0.5) is 0 Å². The van der Waals surface area contributed by atoms with Gasteiger partial charge >= 0.3 is 5.97 Å². The molecule has 1 N–H and O–H groups in total. The van der Waals surface area contributed by atoms with Gasteiger partial charge in [-0.25, -0.2) is 0 Å². The maximum absolute atomic E-state index is 11.2. The molecular formula is C17H32O2. The summed E-state index contributed by atoms with van der Waals surface area (Å²) in [4.78, 5) is 11.2. The second-order valence-corrected chi connectivity index (χ2v) is 6.48. The first-order chi connectivity index (χ1) is 9.20. The zero-order chi connectivity index (χ0) is 13.9. The fourth-order valence-corrected chi connectivity index (χ4v) is 3.19. The van der Waals surface area contributed by atoms with E-state index in [1.807, 2.05) is 0 Å². The summed E-state index contributed by atoms with van der Waals surface area (Å²) in [5.74, 6) is 0.172. The van der Waals surface area contributed by atoms with E-state index in [1.165, 1.54) is 57.8 Å². The summed E-state index contributed by atoms with van der Waals surface area (Å²) in [6.45, 7) is 2.35. The monoisotopic (exact) mass is 268 g/mol. The summed E-state index contributed by atoms with van der Waals surface area (Å²) in [5.41, 5.74) is 0. The van der Waals surface area contributed by atoms with Crippen LogP contribution in [0.15, 0.2) is 0 Å². The fraction of sp³-hybridized carbons (Fsp3) is 0.941. The van der Waals surface area contributed by atoms with Crippen LogP contribution in [-0.4, -0.2) is 11.1 Å². The van der Waals surface area contributed by atoms with Crippen molar-refractivity contribution in [1.29, 1.82) is 0 Å². The van der Waals surface area contributed by atoms with E-state index in [-0.39, 0.29) is 5.92 Å². The number of carboxylic acid groups (broad SMARTS) is 1. The third kappa shape index (κ3) is 8.28. The molecule has 2 nitrogen and oxygen atoms in total. The summed E-state index contributed by atoms with van der Waals surface area (Å²) in [5, 5.41) is 9.24. The standard InChI is InChI=1S/C17H32O2/c1-15-11-7-5-3-2-4-6-8-13-16(17(18)19)14-10-9-12-15/h15-16H,2-14H2,1H3,(H,18,19). The molecule has 1 fully saturated rings. The van der Waals surface area contributed by atoms with Crippen molar-refractivity contribution in [1.82, 2.24) is 0 Å². The van der Waals surface area contributed by atoms with Crippen molar-refractivity contribution in [2.45, 2.75) is 90.4 Å². The van der Waals surface area contributed by atoms with Crippen molar-refractivity contribution < 1.29 is 9.90 Å². The van der Waals surface area contributed by atoms with Crippen LogP contribution in [0.2, 0.25) is 0 Å². The van der Waals surface area contributed by atoms with Crippen LogP contribution in [0.3, 0.4) is 0 Å². The Labute approximate surface area is 119 Å². The minimum Gasteiger partial charge on any atom is -0.481 e. The van der Waals surface area contributed by atoms with Crippen LogP contribution in [0.5, 0.6) is 0 Å². The highest BCUT2D eigenvalue weighted by Crippen LogP contribution is 2.22. The average molecular weight is 268 g/mol. The van der Waals surface area contributed by atoms with E-state index in [1.54, 1.807) is 0 Å². The lowest BCUT2D eigenvalue weighted by Gasteiger charge is -2.13. The molecule has 0 radical (unpaired) electrons. The summed E-state index contributed by atoms with van der Waals surface area (Å²) >= 11 is 0. The molecule has 1 aliphatic rings. The quantitative estimate of drug-likeness (QED) is 0.690. The maximum atomic E-state index is 11.2. The smallest absolute Gasteiger partial charge is 0.306 e. The highest BCUT2D eigenvalue weighted by atomic mass is 16.4. The van der Waals surface area contributed by atoms with E-state index < -0.39 is 5.97 Å². The fourth-order valence-electron chi connectivity index (χ4n) is 3.19. The van der Waals surface area contributed by atoms with Gasteiger partial charge in [0.2, 0.25) is 0 Å². The van der Waals surface area contributed by atoms with Crippen molar-refractivity contribution >= 4 is 5.97 Å². The molecule has 0 bridgehead atoms. The van der Waals surface area contributed by atoms with Crippen molar-refractivity contribution in [2.75, 3.05) is 0 Å². The molecule has 2 heteroatoms. The molecule has 2 atom stereocenters. The number of rotatable bonds is 1. The first kappa shape index (κ1) is 16.5. The molecule has 0 heterocycles. The zero-order valence-electron chi connectivity index (χ0n) is 12.7. The van der Waals surface area contributed by atoms with Crippen molar-refractivity contribution in [3.05, 3.63) is 0 Å². The second kappa shape index (κ2) is 10.3. The summed E-state index contributed by atoms with van der Waals surface area (Å²) in [7, 11) is 0. The number of carbonyl (C=O) groups is 1. The largest absolute Gasteiger partial charge is 0.481 e. The Balaban J connectivity index is 2.34. The highest BCUT2D eigenvalue weighted by molar-refractivity contribution is 5.69. The predicted molar refractivity (Wildman–Crippen MR) is 80.3 cm³/mol. The molecule has 0 aliphatic heterocycles. The van der Waals surface area contributed by atoms with E-state index in [4.69, 9.17) is 0 Å². The van der Waals surface area contributed by atoms with E-state index in [0.717, 1.165) is 31.6 Å². The lowest BCUT2D eigenvalue weighted by Crippen LogP contribution is -2.13. The van der Waals surface area contributed by atoms with Crippen LogP contribution in [0.25, 0.3) is 0 Å². The van der Waals surface area contributed by atoms with Crippen LogP contribution < -0.4 is 0 Å². The minimum atomic E-state index is -0.572. The Morgan fingerprint density at radius 1 is 0.737 bits per heavy atom. The van der Waals surface area contributed by atoms with Crippen LogP contribution >= 0.6 is 0 Å². The van der Waals surface area contributed by atoms with Gasteiger partial charge in [0.05, 0.1) is 5.92 Å². The number of carboxylic acids is 1. The third-order valence-corrected chi connectivity index (χ3v) is 4.60. The molecular weight excluding hydrogens is 236 g/mol. The first-order valence-electron chi connectivity index (χ1n) is 8.43. The third-order valence-electron chi connectivity index (χ3n) is 4.60. The van der Waals surface area contributed by atoms with Crippen LogP contribution in [0, 0.1) is 11.8 Å². The lowest BCUT2D eigenvalue weighted by atomic mass is 9.93. The van der Waals surface area contributed by atoms with Gasteiger partial charge in [-0.05, 0) is 18.8 Å². The number of aliphatic carboxylic acids is 1. The van der Waals surface area contributed by atoms with Gasteiger partial charge in [-0.15, -0.1) is 0 Å². The lowest BCUT2D eigenvalue weighted by molar-refractivity contribution is -0.142. The topological polar surface area (TPSA) is 37.3 Å². The Morgan fingerprint density at radius 3 is 1.63 bits per heavy atom. The first-order valence-corrected chi connectivity index (χ1v) is 8.43. The summed E-state index contributed by atoms with van der Waals surface area (Å²) in [6, 6.07) is 0. The van der Waals surface area contributed by atoms with E-state index in [2.05, 4.69) is 6.92 Å². The summed E-state index contributed by atoms with van der Waals surface area (Å²) < 4.78 is 0. The normalized spacial score (nSPS) is 29.1. The van der Waals surface area contributed by atoms with Crippen LogP contribution in [-0.2, 0) is 4.79 Å². The van der Waals surface area contributed by atoms with Crippen molar-refractivity contribution in [3.63, 3.8) is 0 Å². The molecule has 0 aromatic carbocycles. The van der Waals surface area contributed by atoms with Gasteiger partial charge in [-0.2, -0.15) is 0 Å². The van der Waals surface area contributed by atoms with E-state index >= 15 is 0 Å². The van der Waals surface area contributed by atoms with E-state index in [9.17, 15) is 9.90 Å². The molecule has 1 saturated carbocycles. The molecule has 0 amide bonds. The van der Waals surface area contributed by atoms with Crippen molar-refractivity contribution in [3.8, 4) is 0 Å². The second-order valence-electron chi connectivity index (χ2n) is 6.48. The molecule has 0 saturated heterocycles. The number of hydrogen-bond donors (Lipinski definition) is 1. The maximum Gasteiger partial charge on any atom is 0.306 e. The molecule has 0 aromatic heterocycles. The van der Waals surface area contributed by atoms with Gasteiger partial charge in [0.15, 0.2) is 0 Å². The molecule has 0 aromatic rings. The van der Waals surface area contributed by atoms with E-state index in [0.29, 0.717) is 0 Å². The van der Waals surface area contributed by atoms with Gasteiger partial charge in [0.25, 0.3) is 0 Å². The predicted octanol–water partition coefficient (Wildman–Crippen LogP) is 5.41. The molecule has 19 heavy (non-hydrogen) atoms. The molecule has 2 unspecified atom stereocenters. The molecule has 0 spiro atoms.